The van der Waals surface area contributed by atoms with E-state index in [0.29, 0.717) is 5.75 Å². The third-order valence-corrected chi connectivity index (χ3v) is 5.65. The van der Waals surface area contributed by atoms with Gasteiger partial charge in [-0.05, 0) is 54.1 Å². The van der Waals surface area contributed by atoms with Gasteiger partial charge in [-0.15, -0.1) is 0 Å². The van der Waals surface area contributed by atoms with Crippen LogP contribution in [0.1, 0.15) is 15.9 Å². The first-order chi connectivity index (χ1) is 13.7. The number of ether oxygens (including phenoxy) is 1. The number of hydrogen-bond acceptors (Lipinski definition) is 6. The van der Waals surface area contributed by atoms with Crippen molar-refractivity contribution in [3.63, 3.8) is 0 Å². The van der Waals surface area contributed by atoms with Gasteiger partial charge in [0.15, 0.2) is 0 Å². The number of hydrogen-bond donors (Lipinski definition) is 2. The van der Waals surface area contributed by atoms with E-state index in [-0.39, 0.29) is 17.0 Å². The van der Waals surface area contributed by atoms with Crippen LogP contribution in [0.3, 0.4) is 0 Å². The summed E-state index contributed by atoms with van der Waals surface area (Å²) in [6.45, 7) is -0.281. The molecular weight excluding hydrogens is 396 g/mol. The zero-order chi connectivity index (χ0) is 21.4. The lowest BCUT2D eigenvalue weighted by Crippen LogP contribution is -2.34. The van der Waals surface area contributed by atoms with E-state index in [4.69, 9.17) is 4.74 Å². The monoisotopic (exact) mass is 418 g/mol. The molecule has 2 N–H and O–H groups in total. The van der Waals surface area contributed by atoms with Crippen molar-refractivity contribution < 1.29 is 22.7 Å². The summed E-state index contributed by atoms with van der Waals surface area (Å²) < 4.78 is 30.2. The molecule has 0 radical (unpaired) electrons. The zero-order valence-corrected chi connectivity index (χ0v) is 17.1. The van der Waals surface area contributed by atoms with E-state index in [0.717, 1.165) is 9.87 Å². The Labute approximate surface area is 169 Å². The van der Waals surface area contributed by atoms with Crippen LogP contribution < -0.4 is 15.5 Å². The molecule has 0 saturated heterocycles. The van der Waals surface area contributed by atoms with Gasteiger partial charge in [-0.2, -0.15) is 5.10 Å². The summed E-state index contributed by atoms with van der Waals surface area (Å²) in [7, 11) is 0.844. The predicted octanol–water partition coefficient (Wildman–Crippen LogP) is 0.826. The molecule has 2 amide bonds. The van der Waals surface area contributed by atoms with Gasteiger partial charge in [-0.25, -0.2) is 18.1 Å². The number of methoxy groups -OCH3 is 1. The summed E-state index contributed by atoms with van der Waals surface area (Å²) in [5, 5.41) is 6.26. The Morgan fingerprint density at radius 3 is 2.24 bits per heavy atom. The zero-order valence-electron chi connectivity index (χ0n) is 16.2. The Hall–Kier alpha value is -3.24. The summed E-state index contributed by atoms with van der Waals surface area (Å²) >= 11 is 0. The Balaban J connectivity index is 1.85. The molecule has 0 fully saturated rings. The highest BCUT2D eigenvalue weighted by Crippen LogP contribution is 2.14. The number of nitrogens with one attached hydrogen (secondary N) is 2. The van der Waals surface area contributed by atoms with Crippen molar-refractivity contribution in [1.82, 2.24) is 15.0 Å². The molecule has 0 heterocycles. The van der Waals surface area contributed by atoms with Crippen molar-refractivity contribution in [1.29, 1.82) is 0 Å². The molecule has 0 aliphatic heterocycles. The number of nitrogens with zero attached hydrogens (tertiary/aromatic N) is 2. The Morgan fingerprint density at radius 2 is 1.69 bits per heavy atom. The van der Waals surface area contributed by atoms with Gasteiger partial charge in [-0.3, -0.25) is 9.59 Å². The number of benzene rings is 2. The molecule has 2 rings (SSSR count). The topological polar surface area (TPSA) is 117 Å². The first-order valence-corrected chi connectivity index (χ1v) is 9.95. The third-order valence-electron chi connectivity index (χ3n) is 3.82. The number of carbonyl (C=O) groups excluding carboxylic acids is 2. The van der Waals surface area contributed by atoms with Crippen molar-refractivity contribution in [2.24, 2.45) is 5.10 Å². The van der Waals surface area contributed by atoms with Crippen LogP contribution in [0.4, 0.5) is 0 Å². The maximum absolute atomic E-state index is 12.1. The van der Waals surface area contributed by atoms with E-state index in [1.807, 2.05) is 0 Å². The van der Waals surface area contributed by atoms with Crippen LogP contribution in [0, 0.1) is 0 Å². The molecule has 0 aromatic heterocycles. The van der Waals surface area contributed by atoms with Gasteiger partial charge in [0.2, 0.25) is 10.0 Å². The Morgan fingerprint density at radius 1 is 1.07 bits per heavy atom. The summed E-state index contributed by atoms with van der Waals surface area (Å²) in [4.78, 5) is 24.0. The minimum Gasteiger partial charge on any atom is -0.497 e. The molecule has 0 spiro atoms. The smallest absolute Gasteiger partial charge is 0.259 e. The lowest BCUT2D eigenvalue weighted by molar-refractivity contribution is -0.120. The average molecular weight is 418 g/mol. The molecule has 154 valence electrons. The molecule has 10 heteroatoms. The maximum atomic E-state index is 12.1. The second kappa shape index (κ2) is 9.80. The third kappa shape index (κ3) is 6.13. The molecule has 9 nitrogen and oxygen atoms in total. The quantitative estimate of drug-likeness (QED) is 0.486. The first kappa shape index (κ1) is 22.1. The number of carbonyl (C=O) groups is 2. The number of sulfonamides is 1. The largest absolute Gasteiger partial charge is 0.497 e. The van der Waals surface area contributed by atoms with Crippen LogP contribution >= 0.6 is 0 Å². The molecule has 2 aromatic carbocycles. The summed E-state index contributed by atoms with van der Waals surface area (Å²) in [6, 6.07) is 12.5. The van der Waals surface area contributed by atoms with Gasteiger partial charge in [0, 0.05) is 19.7 Å². The first-order valence-electron chi connectivity index (χ1n) is 8.51. The van der Waals surface area contributed by atoms with Crippen LogP contribution in [0.2, 0.25) is 0 Å². The summed E-state index contributed by atoms with van der Waals surface area (Å²) in [5.41, 5.74) is 3.31. The molecule has 0 unspecified atom stereocenters. The SMILES string of the molecule is COc1ccc(/C=N\NC(=O)CNC(=O)c2ccc(S(=O)(=O)N(C)C)cc2)cc1. The predicted molar refractivity (Wildman–Crippen MR) is 108 cm³/mol. The molecule has 29 heavy (non-hydrogen) atoms. The molecular formula is C19H22N4O5S. The van der Waals surface area contributed by atoms with E-state index in [1.54, 1.807) is 31.4 Å². The Kier molecular flexibility index (Phi) is 7.46. The lowest BCUT2D eigenvalue weighted by Gasteiger charge is -2.11. The van der Waals surface area contributed by atoms with Gasteiger partial charge < -0.3 is 10.1 Å². The van der Waals surface area contributed by atoms with E-state index in [9.17, 15) is 18.0 Å². The summed E-state index contributed by atoms with van der Waals surface area (Å²) in [6.07, 6.45) is 1.46. The normalized spacial score (nSPS) is 11.4. The van der Waals surface area contributed by atoms with E-state index < -0.39 is 21.8 Å². The second-order valence-electron chi connectivity index (χ2n) is 6.06. The van der Waals surface area contributed by atoms with Crippen molar-refractivity contribution >= 4 is 28.1 Å². The van der Waals surface area contributed by atoms with Gasteiger partial charge in [-0.1, -0.05) is 0 Å². The van der Waals surface area contributed by atoms with Gasteiger partial charge >= 0.3 is 0 Å². The molecule has 0 aliphatic carbocycles. The fourth-order valence-corrected chi connectivity index (χ4v) is 3.06. The number of hydrazone groups is 1. The van der Waals surface area contributed by atoms with Crippen LogP contribution in [0.25, 0.3) is 0 Å². The summed E-state index contributed by atoms with van der Waals surface area (Å²) in [5.74, 6) is -0.302. The van der Waals surface area contributed by atoms with Crippen LogP contribution in [0.15, 0.2) is 58.5 Å². The fraction of sp³-hybridized carbons (Fsp3) is 0.211. The van der Waals surface area contributed by atoms with Gasteiger partial charge in [0.1, 0.15) is 5.75 Å². The van der Waals surface area contributed by atoms with Crippen molar-refractivity contribution in [2.45, 2.75) is 4.90 Å². The number of rotatable bonds is 8. The molecule has 0 aliphatic rings. The van der Waals surface area contributed by atoms with Gasteiger partial charge in [0.05, 0.1) is 24.8 Å². The molecule has 0 bridgehead atoms. The van der Waals surface area contributed by atoms with Crippen LogP contribution in [0.5, 0.6) is 5.75 Å². The minimum atomic E-state index is -3.57. The molecule has 0 atom stereocenters. The van der Waals surface area contributed by atoms with E-state index >= 15 is 0 Å². The van der Waals surface area contributed by atoms with Crippen LogP contribution in [-0.2, 0) is 14.8 Å². The molecule has 2 aromatic rings. The maximum Gasteiger partial charge on any atom is 0.259 e. The van der Waals surface area contributed by atoms with Gasteiger partial charge in [0.25, 0.3) is 11.8 Å². The minimum absolute atomic E-state index is 0.0738. The van der Waals surface area contributed by atoms with E-state index in [2.05, 4.69) is 15.8 Å². The fourth-order valence-electron chi connectivity index (χ4n) is 2.16. The van der Waals surface area contributed by atoms with Crippen molar-refractivity contribution in [2.75, 3.05) is 27.7 Å². The van der Waals surface area contributed by atoms with Crippen molar-refractivity contribution in [3.05, 3.63) is 59.7 Å². The Bertz CT molecular complexity index is 984. The highest BCUT2D eigenvalue weighted by Gasteiger charge is 2.17. The van der Waals surface area contributed by atoms with E-state index in [1.165, 1.54) is 44.6 Å². The second-order valence-corrected chi connectivity index (χ2v) is 8.21. The van der Waals surface area contributed by atoms with Crippen LogP contribution in [-0.4, -0.2) is 58.5 Å². The van der Waals surface area contributed by atoms with Crippen molar-refractivity contribution in [3.8, 4) is 5.75 Å². The lowest BCUT2D eigenvalue weighted by atomic mass is 10.2. The average Bonchev–Trinajstić information content (AvgIpc) is 2.72. The number of amides is 2. The molecule has 0 saturated carbocycles. The highest BCUT2D eigenvalue weighted by atomic mass is 32.2. The standard InChI is InChI=1S/C19H22N4O5S/c1-23(2)29(26,27)17-10-6-15(7-11-17)19(25)20-13-18(24)22-21-12-14-4-8-16(28-3)9-5-14/h4-12H,13H2,1-3H3,(H,20,25)(H,22,24)/b21-12-. The highest BCUT2D eigenvalue weighted by molar-refractivity contribution is 7.89.